The fourth-order valence-electron chi connectivity index (χ4n) is 4.34. The summed E-state index contributed by atoms with van der Waals surface area (Å²) in [5, 5.41) is 8.15. The highest BCUT2D eigenvalue weighted by atomic mass is 35.5. The number of aryl methyl sites for hydroxylation is 1. The third kappa shape index (κ3) is 6.59. The molecule has 192 valence electrons. The van der Waals surface area contributed by atoms with Crippen LogP contribution in [0.15, 0.2) is 42.5 Å². The number of amides is 1. The van der Waals surface area contributed by atoms with Gasteiger partial charge in [0, 0.05) is 40.1 Å². The molecule has 0 spiro atoms. The van der Waals surface area contributed by atoms with Crippen LogP contribution in [0.2, 0.25) is 5.02 Å². The van der Waals surface area contributed by atoms with E-state index in [0.717, 1.165) is 48.0 Å². The number of nitrogens with zero attached hydrogens (tertiary/aromatic N) is 3. The lowest BCUT2D eigenvalue weighted by Crippen LogP contribution is -2.19. The molecule has 1 saturated heterocycles. The van der Waals surface area contributed by atoms with Crippen molar-refractivity contribution in [1.29, 1.82) is 0 Å². The first-order valence-corrected chi connectivity index (χ1v) is 12.9. The van der Waals surface area contributed by atoms with Gasteiger partial charge in [0.1, 0.15) is 11.5 Å². The molecule has 1 aliphatic heterocycles. The summed E-state index contributed by atoms with van der Waals surface area (Å²) >= 11 is 6.25. The molecule has 4 rings (SSSR count). The molecule has 36 heavy (non-hydrogen) atoms. The van der Waals surface area contributed by atoms with Gasteiger partial charge in [-0.3, -0.25) is 14.4 Å². The van der Waals surface area contributed by atoms with Crippen LogP contribution in [0, 0.1) is 12.8 Å². The lowest BCUT2D eigenvalue weighted by molar-refractivity contribution is 0.102. The van der Waals surface area contributed by atoms with Crippen molar-refractivity contribution in [3.05, 3.63) is 70.0 Å². The first kappa shape index (κ1) is 26.0. The molecule has 0 atom stereocenters. The lowest BCUT2D eigenvalue weighted by Gasteiger charge is -2.17. The maximum absolute atomic E-state index is 13.0. The van der Waals surface area contributed by atoms with Crippen molar-refractivity contribution in [2.24, 2.45) is 5.92 Å². The fourth-order valence-corrected chi connectivity index (χ4v) is 4.54. The number of anilines is 1. The van der Waals surface area contributed by atoms with Crippen molar-refractivity contribution in [3.63, 3.8) is 0 Å². The van der Waals surface area contributed by atoms with Crippen LogP contribution in [0.1, 0.15) is 54.0 Å². The zero-order chi connectivity index (χ0) is 25.7. The summed E-state index contributed by atoms with van der Waals surface area (Å²) in [6, 6.07) is 13.2. The highest BCUT2D eigenvalue weighted by Gasteiger charge is 2.17. The third-order valence-corrected chi connectivity index (χ3v) is 6.50. The Morgan fingerprint density at radius 1 is 1.06 bits per heavy atom. The summed E-state index contributed by atoms with van der Waals surface area (Å²) in [6.07, 6.45) is 2.48. The second-order valence-corrected chi connectivity index (χ2v) is 10.2. The van der Waals surface area contributed by atoms with Crippen molar-refractivity contribution in [1.82, 2.24) is 14.7 Å². The van der Waals surface area contributed by atoms with Crippen LogP contribution in [-0.4, -0.2) is 47.4 Å². The fraction of sp³-hybridized carbons (Fsp3) is 0.429. The Morgan fingerprint density at radius 3 is 2.56 bits per heavy atom. The topological polar surface area (TPSA) is 68.6 Å². The molecular weight excluding hydrogens is 476 g/mol. The normalized spacial score (nSPS) is 13.8. The van der Waals surface area contributed by atoms with Gasteiger partial charge in [-0.1, -0.05) is 31.5 Å². The van der Waals surface area contributed by atoms with Crippen LogP contribution in [0.5, 0.6) is 11.5 Å². The molecule has 1 aromatic heterocycles. The van der Waals surface area contributed by atoms with Crippen molar-refractivity contribution >= 4 is 23.2 Å². The maximum Gasteiger partial charge on any atom is 0.276 e. The van der Waals surface area contributed by atoms with E-state index in [1.54, 1.807) is 17.9 Å². The van der Waals surface area contributed by atoms with E-state index in [0.29, 0.717) is 35.5 Å². The number of hydrogen-bond acceptors (Lipinski definition) is 5. The van der Waals surface area contributed by atoms with Gasteiger partial charge in [-0.05, 0) is 69.1 Å². The molecule has 1 N–H and O–H groups in total. The van der Waals surface area contributed by atoms with Crippen LogP contribution in [-0.2, 0) is 13.1 Å². The summed E-state index contributed by atoms with van der Waals surface area (Å²) in [7, 11) is 1.66. The highest BCUT2D eigenvalue weighted by Crippen LogP contribution is 2.27. The molecule has 0 saturated carbocycles. The van der Waals surface area contributed by atoms with E-state index in [9.17, 15) is 4.79 Å². The predicted molar refractivity (Wildman–Crippen MR) is 143 cm³/mol. The minimum atomic E-state index is -0.270. The number of hydrogen-bond donors (Lipinski definition) is 1. The van der Waals surface area contributed by atoms with E-state index in [1.165, 1.54) is 12.8 Å². The maximum atomic E-state index is 13.0. The van der Waals surface area contributed by atoms with E-state index in [-0.39, 0.29) is 5.91 Å². The van der Waals surface area contributed by atoms with Gasteiger partial charge in [-0.15, -0.1) is 0 Å². The smallest absolute Gasteiger partial charge is 0.276 e. The first-order chi connectivity index (χ1) is 17.3. The number of likely N-dealkylation sites (tertiary alicyclic amines) is 1. The van der Waals surface area contributed by atoms with Crippen LogP contribution < -0.4 is 14.8 Å². The molecule has 0 bridgehead atoms. The monoisotopic (exact) mass is 510 g/mol. The average molecular weight is 511 g/mol. The Bertz CT molecular complexity index is 1200. The molecule has 8 heteroatoms. The molecular formula is C28H35ClN4O3. The van der Waals surface area contributed by atoms with Crippen LogP contribution in [0.4, 0.5) is 5.69 Å². The Hall–Kier alpha value is -3.03. The number of nitrogens with one attached hydrogen (secondary N) is 1. The third-order valence-electron chi connectivity index (χ3n) is 6.27. The second kappa shape index (κ2) is 11.8. The molecule has 2 heterocycles. The molecule has 1 fully saturated rings. The van der Waals surface area contributed by atoms with E-state index in [1.807, 2.05) is 43.3 Å². The largest absolute Gasteiger partial charge is 0.496 e. The number of rotatable bonds is 10. The number of benzene rings is 2. The van der Waals surface area contributed by atoms with Gasteiger partial charge in [-0.25, -0.2) is 0 Å². The van der Waals surface area contributed by atoms with Gasteiger partial charge in [0.2, 0.25) is 0 Å². The van der Waals surface area contributed by atoms with Crippen molar-refractivity contribution in [2.75, 3.05) is 32.1 Å². The molecule has 2 aromatic carbocycles. The van der Waals surface area contributed by atoms with E-state index >= 15 is 0 Å². The first-order valence-electron chi connectivity index (χ1n) is 12.5. The van der Waals surface area contributed by atoms with Gasteiger partial charge < -0.3 is 14.8 Å². The standard InChI is InChI=1S/C28H35ClN4O3/c1-19(2)18-36-26-10-8-23(29)14-22(26)17-33-20(3)13-25(31-33)28(34)30-24-9-7-21(27(15-24)35-4)16-32-11-5-6-12-32/h7-10,13-15,19H,5-6,11-12,16-18H2,1-4H3,(H,30,34). The minimum absolute atomic E-state index is 0.270. The second-order valence-electron chi connectivity index (χ2n) is 9.75. The number of carbonyl (C=O) groups is 1. The molecule has 1 aliphatic rings. The zero-order valence-corrected chi connectivity index (χ0v) is 22.3. The summed E-state index contributed by atoms with van der Waals surface area (Å²) in [5.74, 6) is 1.68. The average Bonchev–Trinajstić information content (AvgIpc) is 3.49. The highest BCUT2D eigenvalue weighted by molar-refractivity contribution is 6.30. The van der Waals surface area contributed by atoms with Gasteiger partial charge in [0.25, 0.3) is 5.91 Å². The van der Waals surface area contributed by atoms with Crippen molar-refractivity contribution in [2.45, 2.75) is 46.7 Å². The number of aromatic nitrogens is 2. The molecule has 3 aromatic rings. The number of ether oxygens (including phenoxy) is 2. The minimum Gasteiger partial charge on any atom is -0.496 e. The number of methoxy groups -OCH3 is 1. The van der Waals surface area contributed by atoms with Gasteiger partial charge >= 0.3 is 0 Å². The zero-order valence-electron chi connectivity index (χ0n) is 21.5. The SMILES string of the molecule is COc1cc(NC(=O)c2cc(C)n(Cc3cc(Cl)ccc3OCC(C)C)n2)ccc1CN1CCCC1. The number of carbonyl (C=O) groups excluding carboxylic acids is 1. The Morgan fingerprint density at radius 2 is 1.83 bits per heavy atom. The Labute approximate surface area is 218 Å². The Balaban J connectivity index is 1.46. The van der Waals surface area contributed by atoms with Gasteiger partial charge in [0.05, 0.1) is 20.3 Å². The summed E-state index contributed by atoms with van der Waals surface area (Å²) in [5.41, 5.74) is 3.93. The van der Waals surface area contributed by atoms with Crippen LogP contribution >= 0.6 is 11.6 Å². The van der Waals surface area contributed by atoms with Crippen molar-refractivity contribution in [3.8, 4) is 11.5 Å². The lowest BCUT2D eigenvalue weighted by atomic mass is 10.1. The molecule has 0 radical (unpaired) electrons. The predicted octanol–water partition coefficient (Wildman–Crippen LogP) is 5.78. The van der Waals surface area contributed by atoms with Crippen LogP contribution in [0.3, 0.4) is 0 Å². The molecule has 0 aliphatic carbocycles. The Kier molecular flexibility index (Phi) is 8.54. The quantitative estimate of drug-likeness (QED) is 0.374. The molecule has 1 amide bonds. The molecule has 7 nitrogen and oxygen atoms in total. The summed E-state index contributed by atoms with van der Waals surface area (Å²) < 4.78 is 13.4. The summed E-state index contributed by atoms with van der Waals surface area (Å²) in [6.45, 7) is 10.3. The van der Waals surface area contributed by atoms with E-state index in [4.69, 9.17) is 21.1 Å². The van der Waals surface area contributed by atoms with E-state index < -0.39 is 0 Å². The van der Waals surface area contributed by atoms with E-state index in [2.05, 4.69) is 29.2 Å². The van der Waals surface area contributed by atoms with Crippen LogP contribution in [0.25, 0.3) is 0 Å². The molecule has 0 unspecified atom stereocenters. The van der Waals surface area contributed by atoms with Crippen molar-refractivity contribution < 1.29 is 14.3 Å². The summed E-state index contributed by atoms with van der Waals surface area (Å²) in [4.78, 5) is 15.4. The van der Waals surface area contributed by atoms with Gasteiger partial charge in [-0.2, -0.15) is 5.10 Å². The van der Waals surface area contributed by atoms with Gasteiger partial charge in [0.15, 0.2) is 5.69 Å². The number of halogens is 1.